The average molecular weight is 349 g/mol. The van der Waals surface area contributed by atoms with Gasteiger partial charge in [-0.25, -0.2) is 0 Å². The van der Waals surface area contributed by atoms with Crippen molar-refractivity contribution in [3.8, 4) is 0 Å². The smallest absolute Gasteiger partial charge is 0.253 e. The Morgan fingerprint density at radius 1 is 1.45 bits per heavy atom. The van der Waals surface area contributed by atoms with Gasteiger partial charge >= 0.3 is 0 Å². The van der Waals surface area contributed by atoms with Crippen molar-refractivity contribution in [1.29, 1.82) is 0 Å². The summed E-state index contributed by atoms with van der Waals surface area (Å²) in [5, 5.41) is 7.03. The molecule has 0 aliphatic heterocycles. The number of likely N-dealkylation sites (N-methyl/N-ethyl adjacent to an activating group) is 1. The minimum Gasteiger partial charge on any atom is -0.350 e. The maximum absolute atomic E-state index is 12.1. The molecule has 2 heterocycles. The number of amides is 1. The number of nitrogens with one attached hydrogen (secondary N) is 1. The summed E-state index contributed by atoms with van der Waals surface area (Å²) in [5.74, 6) is -0.194. The van der Waals surface area contributed by atoms with Gasteiger partial charge in [-0.15, -0.1) is 11.3 Å². The van der Waals surface area contributed by atoms with E-state index in [0.29, 0.717) is 20.8 Å². The summed E-state index contributed by atoms with van der Waals surface area (Å²) in [7, 11) is 3.98. The summed E-state index contributed by atoms with van der Waals surface area (Å²) in [4.78, 5) is 14.2. The normalized spacial score (nSPS) is 12.7. The van der Waals surface area contributed by atoms with Gasteiger partial charge in [-0.3, -0.25) is 4.79 Å². The van der Waals surface area contributed by atoms with E-state index in [1.54, 1.807) is 17.4 Å². The zero-order chi connectivity index (χ0) is 14.7. The number of carbonyl (C=O) groups is 1. The van der Waals surface area contributed by atoms with E-state index in [-0.39, 0.29) is 11.9 Å². The highest BCUT2D eigenvalue weighted by Crippen LogP contribution is 2.31. The first-order valence-corrected chi connectivity index (χ1v) is 8.42. The minimum absolute atomic E-state index is 0.137. The highest BCUT2D eigenvalue weighted by Gasteiger charge is 2.18. The van der Waals surface area contributed by atoms with Gasteiger partial charge in [0.1, 0.15) is 4.34 Å². The van der Waals surface area contributed by atoms with Gasteiger partial charge < -0.3 is 10.2 Å². The molecule has 1 N–H and O–H groups in total. The molecule has 0 aliphatic carbocycles. The van der Waals surface area contributed by atoms with Crippen molar-refractivity contribution in [3.63, 3.8) is 0 Å². The minimum atomic E-state index is -0.194. The van der Waals surface area contributed by atoms with Crippen LogP contribution < -0.4 is 5.32 Å². The molecule has 0 spiro atoms. The zero-order valence-corrected chi connectivity index (χ0v) is 14.2. The number of halogens is 2. The second-order valence-electron chi connectivity index (χ2n) is 4.48. The van der Waals surface area contributed by atoms with Crippen LogP contribution in [0.1, 0.15) is 22.0 Å². The molecule has 3 nitrogen and oxygen atoms in total. The maximum Gasteiger partial charge on any atom is 0.253 e. The summed E-state index contributed by atoms with van der Waals surface area (Å²) in [6, 6.07) is 3.80. The van der Waals surface area contributed by atoms with Gasteiger partial charge in [0.2, 0.25) is 0 Å². The molecule has 2 aromatic rings. The quantitative estimate of drug-likeness (QED) is 0.880. The van der Waals surface area contributed by atoms with Crippen molar-refractivity contribution in [2.75, 3.05) is 20.6 Å². The van der Waals surface area contributed by atoms with Crippen LogP contribution in [0.2, 0.25) is 8.67 Å². The Morgan fingerprint density at radius 2 is 2.20 bits per heavy atom. The van der Waals surface area contributed by atoms with Crippen molar-refractivity contribution >= 4 is 51.8 Å². The largest absolute Gasteiger partial charge is 0.350 e. The van der Waals surface area contributed by atoms with E-state index in [1.807, 2.05) is 19.5 Å². The van der Waals surface area contributed by atoms with Crippen LogP contribution in [0.15, 0.2) is 22.9 Å². The Labute approximate surface area is 136 Å². The van der Waals surface area contributed by atoms with Crippen LogP contribution in [-0.2, 0) is 0 Å². The monoisotopic (exact) mass is 348 g/mol. The van der Waals surface area contributed by atoms with Gasteiger partial charge in [0, 0.05) is 6.54 Å². The molecule has 0 fully saturated rings. The van der Waals surface area contributed by atoms with Gasteiger partial charge in [-0.05, 0) is 42.6 Å². The fraction of sp³-hybridized carbons (Fsp3) is 0.308. The number of hydrogen-bond donors (Lipinski definition) is 1. The van der Waals surface area contributed by atoms with Crippen LogP contribution in [0.5, 0.6) is 0 Å². The lowest BCUT2D eigenvalue weighted by Gasteiger charge is -2.23. The molecule has 0 aromatic carbocycles. The Hall–Kier alpha value is -0.590. The fourth-order valence-corrected chi connectivity index (χ4v) is 4.01. The lowest BCUT2D eigenvalue weighted by Crippen LogP contribution is -2.34. The van der Waals surface area contributed by atoms with E-state index in [2.05, 4.69) is 21.7 Å². The zero-order valence-electron chi connectivity index (χ0n) is 11.0. The molecule has 0 bridgehead atoms. The van der Waals surface area contributed by atoms with Crippen LogP contribution in [0, 0.1) is 0 Å². The topological polar surface area (TPSA) is 32.3 Å². The molecule has 7 heteroatoms. The van der Waals surface area contributed by atoms with E-state index in [9.17, 15) is 4.79 Å². The van der Waals surface area contributed by atoms with Crippen molar-refractivity contribution in [2.45, 2.75) is 6.04 Å². The second-order valence-corrected chi connectivity index (χ2v) is 7.55. The molecule has 0 unspecified atom stereocenters. The summed E-state index contributed by atoms with van der Waals surface area (Å²) in [6.45, 7) is 0.520. The standard InChI is InChI=1S/C13H14Cl2N2OS2/c1-17(2)10(8-3-4-19-7-8)6-16-13(18)9-5-11(14)20-12(9)15/h3-5,7,10H,6H2,1-2H3,(H,16,18)/t10-/m1/s1. The van der Waals surface area contributed by atoms with Gasteiger partial charge in [0.05, 0.1) is 15.9 Å². The molecule has 0 saturated carbocycles. The van der Waals surface area contributed by atoms with Gasteiger partial charge in [-0.2, -0.15) is 11.3 Å². The number of nitrogens with zero attached hydrogens (tertiary/aromatic N) is 1. The van der Waals surface area contributed by atoms with Gasteiger partial charge in [0.15, 0.2) is 0 Å². The first-order chi connectivity index (χ1) is 9.49. The molecular formula is C13H14Cl2N2OS2. The molecule has 1 amide bonds. The predicted octanol–water partition coefficient (Wildman–Crippen LogP) is 4.15. The van der Waals surface area contributed by atoms with Crippen molar-refractivity contribution < 1.29 is 4.79 Å². The second kappa shape index (κ2) is 6.91. The van der Waals surface area contributed by atoms with Gasteiger partial charge in [-0.1, -0.05) is 23.2 Å². The molecule has 0 saturated heterocycles. The third kappa shape index (κ3) is 3.74. The third-order valence-corrected chi connectivity index (χ3v) is 5.10. The fourth-order valence-electron chi connectivity index (χ4n) is 1.84. The van der Waals surface area contributed by atoms with Crippen molar-refractivity contribution in [3.05, 3.63) is 42.7 Å². The van der Waals surface area contributed by atoms with Crippen LogP contribution in [-0.4, -0.2) is 31.4 Å². The van der Waals surface area contributed by atoms with Crippen LogP contribution in [0.3, 0.4) is 0 Å². The van der Waals surface area contributed by atoms with Crippen molar-refractivity contribution in [2.24, 2.45) is 0 Å². The van der Waals surface area contributed by atoms with Crippen LogP contribution in [0.25, 0.3) is 0 Å². The third-order valence-electron chi connectivity index (χ3n) is 2.91. The van der Waals surface area contributed by atoms with E-state index in [0.717, 1.165) is 0 Å². The number of rotatable bonds is 5. The lowest BCUT2D eigenvalue weighted by molar-refractivity contribution is 0.0942. The maximum atomic E-state index is 12.1. The van der Waals surface area contributed by atoms with Crippen LogP contribution >= 0.6 is 45.9 Å². The van der Waals surface area contributed by atoms with E-state index < -0.39 is 0 Å². The Bertz CT molecular complexity index is 581. The Kier molecular flexibility index (Phi) is 5.46. The van der Waals surface area contributed by atoms with Crippen LogP contribution in [0.4, 0.5) is 0 Å². The summed E-state index contributed by atoms with van der Waals surface area (Å²) >= 11 is 14.7. The van der Waals surface area contributed by atoms with E-state index in [1.165, 1.54) is 16.9 Å². The van der Waals surface area contributed by atoms with Gasteiger partial charge in [0.25, 0.3) is 5.91 Å². The predicted molar refractivity (Wildman–Crippen MR) is 87.4 cm³/mol. The molecular weight excluding hydrogens is 335 g/mol. The molecule has 20 heavy (non-hydrogen) atoms. The van der Waals surface area contributed by atoms with Crippen molar-refractivity contribution in [1.82, 2.24) is 10.2 Å². The summed E-state index contributed by atoms with van der Waals surface area (Å²) in [5.41, 5.74) is 1.62. The molecule has 2 rings (SSSR count). The van der Waals surface area contributed by atoms with E-state index in [4.69, 9.17) is 23.2 Å². The Balaban J connectivity index is 2.03. The molecule has 0 radical (unpaired) electrons. The number of hydrogen-bond acceptors (Lipinski definition) is 4. The first kappa shape index (κ1) is 15.8. The summed E-state index contributed by atoms with van der Waals surface area (Å²) in [6.07, 6.45) is 0. The SMILES string of the molecule is CN(C)[C@H](CNC(=O)c1cc(Cl)sc1Cl)c1ccsc1. The lowest BCUT2D eigenvalue weighted by atomic mass is 10.1. The molecule has 108 valence electrons. The molecule has 1 atom stereocenters. The molecule has 0 aliphatic rings. The number of thiophene rings is 2. The summed E-state index contributed by atoms with van der Waals surface area (Å²) < 4.78 is 0.937. The number of carbonyl (C=O) groups excluding carboxylic acids is 1. The first-order valence-electron chi connectivity index (χ1n) is 5.90. The molecule has 2 aromatic heterocycles. The Morgan fingerprint density at radius 3 is 2.70 bits per heavy atom. The highest BCUT2D eigenvalue weighted by molar-refractivity contribution is 7.20. The average Bonchev–Trinajstić information content (AvgIpc) is 2.99. The van der Waals surface area contributed by atoms with E-state index >= 15 is 0 Å². The highest BCUT2D eigenvalue weighted by atomic mass is 35.5.